The second-order valence-corrected chi connectivity index (χ2v) is 6.93. The van der Waals surface area contributed by atoms with Crippen molar-refractivity contribution < 1.29 is 13.6 Å². The Labute approximate surface area is 162 Å². The fourth-order valence-electron chi connectivity index (χ4n) is 2.54. The molecule has 130 valence electrons. The number of aromatic nitrogens is 1. The highest BCUT2D eigenvalue weighted by molar-refractivity contribution is 9.10. The summed E-state index contributed by atoms with van der Waals surface area (Å²) in [6.07, 6.45) is 0. The van der Waals surface area contributed by atoms with Gasteiger partial charge in [0.2, 0.25) is 5.89 Å². The molecule has 2 aromatic carbocycles. The molecule has 0 aliphatic rings. The average molecular weight is 432 g/mol. The van der Waals surface area contributed by atoms with Crippen LogP contribution in [-0.2, 0) is 0 Å². The van der Waals surface area contributed by atoms with Crippen LogP contribution < -0.4 is 5.32 Å². The standard InChI is InChI=1S/C19H12BrClN2O3/c1-10-2-5-15-14(8-10)23-19(26-15)11-3-4-12(21)13(9-11)22-18(24)16-6-7-17(20)25-16/h2-9H,1H3,(H,22,24). The van der Waals surface area contributed by atoms with Gasteiger partial charge in [-0.2, -0.15) is 0 Å². The summed E-state index contributed by atoms with van der Waals surface area (Å²) in [5.74, 6) is 0.233. The Hall–Kier alpha value is -2.57. The van der Waals surface area contributed by atoms with Gasteiger partial charge in [0, 0.05) is 5.56 Å². The van der Waals surface area contributed by atoms with Gasteiger partial charge in [0.1, 0.15) is 5.52 Å². The van der Waals surface area contributed by atoms with Crippen LogP contribution in [0.5, 0.6) is 0 Å². The molecule has 0 saturated carbocycles. The summed E-state index contributed by atoms with van der Waals surface area (Å²) >= 11 is 9.39. The third-order valence-corrected chi connectivity index (χ3v) is 4.56. The predicted molar refractivity (Wildman–Crippen MR) is 104 cm³/mol. The molecule has 0 aliphatic carbocycles. The van der Waals surface area contributed by atoms with E-state index in [1.54, 1.807) is 30.3 Å². The van der Waals surface area contributed by atoms with E-state index in [0.717, 1.165) is 11.1 Å². The Morgan fingerprint density at radius 1 is 1.12 bits per heavy atom. The predicted octanol–water partition coefficient (Wildman–Crippen LogP) is 6.06. The third-order valence-electron chi connectivity index (χ3n) is 3.80. The maximum atomic E-state index is 12.3. The molecule has 26 heavy (non-hydrogen) atoms. The molecule has 1 amide bonds. The second kappa shape index (κ2) is 6.63. The average Bonchev–Trinajstić information content (AvgIpc) is 3.22. The Kier molecular flexibility index (Phi) is 4.30. The summed E-state index contributed by atoms with van der Waals surface area (Å²) in [4.78, 5) is 16.8. The van der Waals surface area contributed by atoms with Gasteiger partial charge in [0.15, 0.2) is 16.0 Å². The summed E-state index contributed by atoms with van der Waals surface area (Å²) in [6, 6.07) is 14.2. The van der Waals surface area contributed by atoms with Crippen molar-refractivity contribution in [1.29, 1.82) is 0 Å². The lowest BCUT2D eigenvalue weighted by Crippen LogP contribution is -2.11. The molecule has 2 aromatic heterocycles. The number of carbonyl (C=O) groups excluding carboxylic acids is 1. The molecule has 5 nitrogen and oxygen atoms in total. The van der Waals surface area contributed by atoms with Crippen molar-refractivity contribution in [3.8, 4) is 11.5 Å². The third kappa shape index (κ3) is 3.25. The second-order valence-electron chi connectivity index (χ2n) is 5.74. The van der Waals surface area contributed by atoms with Crippen LogP contribution in [0, 0.1) is 6.92 Å². The number of halogens is 2. The zero-order chi connectivity index (χ0) is 18.3. The summed E-state index contributed by atoms with van der Waals surface area (Å²) in [5, 5.41) is 3.14. The minimum absolute atomic E-state index is 0.177. The number of hydrogen-bond donors (Lipinski definition) is 1. The van der Waals surface area contributed by atoms with E-state index < -0.39 is 5.91 Å². The number of nitrogens with one attached hydrogen (secondary N) is 1. The van der Waals surface area contributed by atoms with Gasteiger partial charge in [-0.1, -0.05) is 17.7 Å². The lowest BCUT2D eigenvalue weighted by molar-refractivity contribution is 0.0995. The number of benzene rings is 2. The molecule has 2 heterocycles. The van der Waals surface area contributed by atoms with Crippen molar-refractivity contribution in [2.75, 3.05) is 5.32 Å². The smallest absolute Gasteiger partial charge is 0.291 e. The van der Waals surface area contributed by atoms with Crippen LogP contribution in [0.3, 0.4) is 0 Å². The number of nitrogens with zero attached hydrogens (tertiary/aromatic N) is 1. The molecular formula is C19H12BrClN2O3. The van der Waals surface area contributed by atoms with Crippen LogP contribution >= 0.6 is 27.5 Å². The van der Waals surface area contributed by atoms with Crippen molar-refractivity contribution in [1.82, 2.24) is 4.98 Å². The number of amides is 1. The highest BCUT2D eigenvalue weighted by Gasteiger charge is 2.15. The number of hydrogen-bond acceptors (Lipinski definition) is 4. The summed E-state index contributed by atoms with van der Waals surface area (Å²) in [6.45, 7) is 2.00. The lowest BCUT2D eigenvalue weighted by atomic mass is 10.2. The minimum atomic E-state index is -0.400. The molecule has 0 spiro atoms. The molecule has 4 rings (SSSR count). The van der Waals surface area contributed by atoms with E-state index in [1.807, 2.05) is 25.1 Å². The van der Waals surface area contributed by atoms with Gasteiger partial charge in [-0.05, 0) is 70.9 Å². The van der Waals surface area contributed by atoms with E-state index in [1.165, 1.54) is 0 Å². The van der Waals surface area contributed by atoms with Crippen LogP contribution in [0.2, 0.25) is 5.02 Å². The van der Waals surface area contributed by atoms with E-state index in [-0.39, 0.29) is 5.76 Å². The molecule has 7 heteroatoms. The van der Waals surface area contributed by atoms with Gasteiger partial charge in [-0.15, -0.1) is 0 Å². The SMILES string of the molecule is Cc1ccc2oc(-c3ccc(Cl)c(NC(=O)c4ccc(Br)o4)c3)nc2c1. The quantitative estimate of drug-likeness (QED) is 0.428. The molecular weight excluding hydrogens is 420 g/mol. The van der Waals surface area contributed by atoms with E-state index >= 15 is 0 Å². The first-order valence-corrected chi connectivity index (χ1v) is 8.90. The molecule has 0 radical (unpaired) electrons. The fraction of sp³-hybridized carbons (Fsp3) is 0.0526. The van der Waals surface area contributed by atoms with Gasteiger partial charge in [0.05, 0.1) is 10.7 Å². The number of oxazole rings is 1. The maximum absolute atomic E-state index is 12.3. The van der Waals surface area contributed by atoms with Crippen molar-refractivity contribution in [2.24, 2.45) is 0 Å². The van der Waals surface area contributed by atoms with Crippen molar-refractivity contribution in [3.63, 3.8) is 0 Å². The minimum Gasteiger partial charge on any atom is -0.444 e. The number of aryl methyl sites for hydroxylation is 1. The van der Waals surface area contributed by atoms with Gasteiger partial charge in [-0.3, -0.25) is 4.79 Å². The maximum Gasteiger partial charge on any atom is 0.291 e. The molecule has 0 saturated heterocycles. The molecule has 0 atom stereocenters. The van der Waals surface area contributed by atoms with Crippen LogP contribution in [0.4, 0.5) is 5.69 Å². The largest absolute Gasteiger partial charge is 0.444 e. The highest BCUT2D eigenvalue weighted by atomic mass is 79.9. The summed E-state index contributed by atoms with van der Waals surface area (Å²) in [7, 11) is 0. The molecule has 0 aliphatic heterocycles. The van der Waals surface area contributed by atoms with Gasteiger partial charge in [0.25, 0.3) is 5.91 Å². The number of furan rings is 1. The number of fused-ring (bicyclic) bond motifs is 1. The Morgan fingerprint density at radius 3 is 2.73 bits per heavy atom. The number of carbonyl (C=O) groups is 1. The topological polar surface area (TPSA) is 68.3 Å². The van der Waals surface area contributed by atoms with Gasteiger partial charge >= 0.3 is 0 Å². The monoisotopic (exact) mass is 430 g/mol. The van der Waals surface area contributed by atoms with E-state index in [4.69, 9.17) is 20.4 Å². The molecule has 0 fully saturated rings. The van der Waals surface area contributed by atoms with Crippen LogP contribution in [0.15, 0.2) is 62.0 Å². The van der Waals surface area contributed by atoms with Crippen molar-refractivity contribution in [2.45, 2.75) is 6.92 Å². The van der Waals surface area contributed by atoms with Crippen molar-refractivity contribution >= 4 is 50.2 Å². The normalized spacial score (nSPS) is 11.0. The highest BCUT2D eigenvalue weighted by Crippen LogP contribution is 2.31. The lowest BCUT2D eigenvalue weighted by Gasteiger charge is -2.07. The van der Waals surface area contributed by atoms with Crippen molar-refractivity contribution in [3.05, 3.63) is 69.5 Å². The van der Waals surface area contributed by atoms with E-state index in [9.17, 15) is 4.79 Å². The Morgan fingerprint density at radius 2 is 1.96 bits per heavy atom. The first-order valence-electron chi connectivity index (χ1n) is 7.73. The van der Waals surface area contributed by atoms with Gasteiger partial charge in [-0.25, -0.2) is 4.98 Å². The van der Waals surface area contributed by atoms with Crippen LogP contribution in [-0.4, -0.2) is 10.9 Å². The zero-order valence-corrected chi connectivity index (χ0v) is 15.9. The Balaban J connectivity index is 1.67. The first kappa shape index (κ1) is 16.9. The molecule has 1 N–H and O–H groups in total. The van der Waals surface area contributed by atoms with Crippen LogP contribution in [0.1, 0.15) is 16.1 Å². The first-order chi connectivity index (χ1) is 12.5. The van der Waals surface area contributed by atoms with Gasteiger partial charge < -0.3 is 14.2 Å². The number of anilines is 1. The van der Waals surface area contributed by atoms with Crippen LogP contribution in [0.25, 0.3) is 22.6 Å². The van der Waals surface area contributed by atoms with E-state index in [0.29, 0.717) is 32.4 Å². The molecule has 0 bridgehead atoms. The Bertz CT molecular complexity index is 1130. The van der Waals surface area contributed by atoms with E-state index in [2.05, 4.69) is 26.2 Å². The number of rotatable bonds is 3. The fourth-order valence-corrected chi connectivity index (χ4v) is 3.01. The molecule has 0 unspecified atom stereocenters. The summed E-state index contributed by atoms with van der Waals surface area (Å²) < 4.78 is 11.5. The molecule has 4 aromatic rings. The zero-order valence-electron chi connectivity index (χ0n) is 13.5. The summed E-state index contributed by atoms with van der Waals surface area (Å²) in [5.41, 5.74) is 3.73.